The second-order valence-corrected chi connectivity index (χ2v) is 6.78. The van der Waals surface area contributed by atoms with Gasteiger partial charge in [-0.1, -0.05) is 36.4 Å². The van der Waals surface area contributed by atoms with E-state index in [2.05, 4.69) is 68.6 Å². The Morgan fingerprint density at radius 2 is 1.88 bits per heavy atom. The summed E-state index contributed by atoms with van der Waals surface area (Å²) in [6.45, 7) is 1.51. The van der Waals surface area contributed by atoms with Crippen LogP contribution in [0.1, 0.15) is 35.6 Å². The van der Waals surface area contributed by atoms with Gasteiger partial charge in [-0.2, -0.15) is 0 Å². The molecule has 0 unspecified atom stereocenters. The van der Waals surface area contributed by atoms with Crippen LogP contribution in [-0.4, -0.2) is 22.0 Å². The van der Waals surface area contributed by atoms with Gasteiger partial charge in [0.25, 0.3) is 0 Å². The molecule has 1 aliphatic rings. The first-order valence-electron chi connectivity index (χ1n) is 9.04. The molecule has 132 valence electrons. The lowest BCUT2D eigenvalue weighted by molar-refractivity contribution is 0.880. The van der Waals surface area contributed by atoms with Gasteiger partial charge in [0, 0.05) is 49.6 Å². The molecule has 1 N–H and O–H groups in total. The first-order valence-corrected chi connectivity index (χ1v) is 9.04. The Bertz CT molecular complexity index is 861. The van der Waals surface area contributed by atoms with Gasteiger partial charge in [0.2, 0.25) is 0 Å². The molecule has 0 bridgehead atoms. The maximum atomic E-state index is 4.60. The van der Waals surface area contributed by atoms with Crippen LogP contribution in [0.3, 0.4) is 0 Å². The molecule has 3 aromatic rings. The molecule has 0 radical (unpaired) electrons. The highest BCUT2D eigenvalue weighted by Crippen LogP contribution is 2.39. The van der Waals surface area contributed by atoms with Gasteiger partial charge in [-0.05, 0) is 24.5 Å². The van der Waals surface area contributed by atoms with Gasteiger partial charge in [-0.25, -0.2) is 15.0 Å². The molecule has 1 aliphatic carbocycles. The lowest BCUT2D eigenvalue weighted by atomic mass is 10.2. The molecule has 2 heterocycles. The van der Waals surface area contributed by atoms with E-state index in [1.165, 1.54) is 18.4 Å². The predicted molar refractivity (Wildman–Crippen MR) is 104 cm³/mol. The fourth-order valence-corrected chi connectivity index (χ4v) is 3.10. The van der Waals surface area contributed by atoms with Crippen LogP contribution in [0.15, 0.2) is 61.1 Å². The minimum absolute atomic E-state index is 0.629. The number of anilines is 2. The summed E-state index contributed by atoms with van der Waals surface area (Å²) in [5, 5.41) is 3.43. The Kier molecular flexibility index (Phi) is 4.78. The summed E-state index contributed by atoms with van der Waals surface area (Å²) >= 11 is 0. The van der Waals surface area contributed by atoms with Crippen LogP contribution in [0.25, 0.3) is 0 Å². The number of benzene rings is 1. The van der Waals surface area contributed by atoms with Gasteiger partial charge in [0.1, 0.15) is 18.0 Å². The second-order valence-electron chi connectivity index (χ2n) is 6.78. The first-order chi connectivity index (χ1) is 12.8. The number of hydrogen-bond acceptors (Lipinski definition) is 5. The normalized spacial score (nSPS) is 13.4. The van der Waals surface area contributed by atoms with E-state index in [9.17, 15) is 0 Å². The van der Waals surface area contributed by atoms with Crippen molar-refractivity contribution in [3.63, 3.8) is 0 Å². The summed E-state index contributed by atoms with van der Waals surface area (Å²) < 4.78 is 0. The van der Waals surface area contributed by atoms with Crippen molar-refractivity contribution in [1.29, 1.82) is 0 Å². The third-order valence-corrected chi connectivity index (χ3v) is 4.64. The zero-order chi connectivity index (χ0) is 17.8. The van der Waals surface area contributed by atoms with E-state index >= 15 is 0 Å². The van der Waals surface area contributed by atoms with Crippen molar-refractivity contribution in [3.05, 3.63) is 77.9 Å². The summed E-state index contributed by atoms with van der Waals surface area (Å²) in [4.78, 5) is 15.5. The van der Waals surface area contributed by atoms with Gasteiger partial charge >= 0.3 is 0 Å². The van der Waals surface area contributed by atoms with Crippen LogP contribution in [0, 0.1) is 0 Å². The molecule has 26 heavy (non-hydrogen) atoms. The van der Waals surface area contributed by atoms with Gasteiger partial charge < -0.3 is 10.2 Å². The fourth-order valence-electron chi connectivity index (χ4n) is 3.10. The molecule has 0 spiro atoms. The fraction of sp³-hybridized carbons (Fsp3) is 0.286. The molecule has 2 aromatic heterocycles. The summed E-state index contributed by atoms with van der Waals surface area (Å²) in [7, 11) is 2.08. The van der Waals surface area contributed by atoms with Crippen molar-refractivity contribution in [2.75, 3.05) is 17.3 Å². The zero-order valence-corrected chi connectivity index (χ0v) is 15.0. The van der Waals surface area contributed by atoms with E-state index in [-0.39, 0.29) is 0 Å². The Balaban J connectivity index is 1.46. The van der Waals surface area contributed by atoms with Gasteiger partial charge in [-0.15, -0.1) is 0 Å². The zero-order valence-electron chi connectivity index (χ0n) is 15.0. The Hall–Kier alpha value is -2.95. The SMILES string of the molecule is CN(Cc1ccccc1)c1ncccc1CNc1cc(C2CC2)ncn1. The molecule has 0 amide bonds. The number of rotatable bonds is 7. The molecule has 1 aromatic carbocycles. The smallest absolute Gasteiger partial charge is 0.133 e. The van der Waals surface area contributed by atoms with Crippen molar-refractivity contribution < 1.29 is 0 Å². The van der Waals surface area contributed by atoms with Gasteiger partial charge in [-0.3, -0.25) is 0 Å². The van der Waals surface area contributed by atoms with Crippen LogP contribution >= 0.6 is 0 Å². The van der Waals surface area contributed by atoms with Crippen molar-refractivity contribution in [2.24, 2.45) is 0 Å². The average molecular weight is 345 g/mol. The third-order valence-electron chi connectivity index (χ3n) is 4.64. The largest absolute Gasteiger partial charge is 0.366 e. The van der Waals surface area contributed by atoms with E-state index in [0.717, 1.165) is 29.4 Å². The van der Waals surface area contributed by atoms with Gasteiger partial charge in [0.05, 0.1) is 0 Å². The van der Waals surface area contributed by atoms with Crippen LogP contribution in [-0.2, 0) is 13.1 Å². The molecular formula is C21H23N5. The summed E-state index contributed by atoms with van der Waals surface area (Å²) in [5.41, 5.74) is 3.57. The molecule has 5 nitrogen and oxygen atoms in total. The Morgan fingerprint density at radius 1 is 1.04 bits per heavy atom. The monoisotopic (exact) mass is 345 g/mol. The molecular weight excluding hydrogens is 322 g/mol. The van der Waals surface area contributed by atoms with Crippen molar-refractivity contribution in [1.82, 2.24) is 15.0 Å². The number of nitrogens with zero attached hydrogens (tertiary/aromatic N) is 4. The maximum absolute atomic E-state index is 4.60. The Labute approximate surface area is 154 Å². The predicted octanol–water partition coefficient (Wildman–Crippen LogP) is 4.00. The van der Waals surface area contributed by atoms with Crippen LogP contribution < -0.4 is 10.2 Å². The van der Waals surface area contributed by atoms with E-state index in [1.54, 1.807) is 6.33 Å². The van der Waals surface area contributed by atoms with E-state index in [1.807, 2.05) is 18.3 Å². The molecule has 1 fully saturated rings. The van der Waals surface area contributed by atoms with E-state index < -0.39 is 0 Å². The van der Waals surface area contributed by atoms with E-state index in [0.29, 0.717) is 12.5 Å². The summed E-state index contributed by atoms with van der Waals surface area (Å²) in [6, 6.07) is 16.6. The number of aromatic nitrogens is 3. The number of nitrogens with one attached hydrogen (secondary N) is 1. The summed E-state index contributed by atoms with van der Waals surface area (Å²) in [5.74, 6) is 2.49. The van der Waals surface area contributed by atoms with Crippen molar-refractivity contribution in [3.8, 4) is 0 Å². The Morgan fingerprint density at radius 3 is 2.69 bits per heavy atom. The quantitative estimate of drug-likeness (QED) is 0.701. The van der Waals surface area contributed by atoms with Crippen LogP contribution in [0.2, 0.25) is 0 Å². The van der Waals surface area contributed by atoms with Crippen LogP contribution in [0.4, 0.5) is 11.6 Å². The lowest BCUT2D eigenvalue weighted by Crippen LogP contribution is -2.20. The minimum atomic E-state index is 0.629. The van der Waals surface area contributed by atoms with Crippen LogP contribution in [0.5, 0.6) is 0 Å². The average Bonchev–Trinajstić information content (AvgIpc) is 3.53. The topological polar surface area (TPSA) is 53.9 Å². The number of hydrogen-bond donors (Lipinski definition) is 1. The van der Waals surface area contributed by atoms with Crippen molar-refractivity contribution >= 4 is 11.6 Å². The second kappa shape index (κ2) is 7.52. The molecule has 0 saturated heterocycles. The standard InChI is InChI=1S/C21H23N5/c1-26(14-16-6-3-2-4-7-16)21-18(8-5-11-22-21)13-23-20-12-19(17-9-10-17)24-15-25-20/h2-8,11-12,15,17H,9-10,13-14H2,1H3,(H,23,24,25). The summed E-state index contributed by atoms with van der Waals surface area (Å²) in [6.07, 6.45) is 5.98. The minimum Gasteiger partial charge on any atom is -0.366 e. The van der Waals surface area contributed by atoms with Gasteiger partial charge in [0.15, 0.2) is 0 Å². The highest BCUT2D eigenvalue weighted by molar-refractivity contribution is 5.49. The highest BCUT2D eigenvalue weighted by Gasteiger charge is 2.25. The molecule has 5 heteroatoms. The molecule has 0 atom stereocenters. The molecule has 1 saturated carbocycles. The number of pyridine rings is 1. The molecule has 4 rings (SSSR count). The lowest BCUT2D eigenvalue weighted by Gasteiger charge is -2.21. The first kappa shape index (κ1) is 16.5. The maximum Gasteiger partial charge on any atom is 0.133 e. The van der Waals surface area contributed by atoms with Crippen molar-refractivity contribution in [2.45, 2.75) is 31.8 Å². The van der Waals surface area contributed by atoms with E-state index in [4.69, 9.17) is 0 Å². The molecule has 0 aliphatic heterocycles. The highest BCUT2D eigenvalue weighted by atomic mass is 15.2. The third kappa shape index (κ3) is 3.99.